The Hall–Kier alpha value is -1.80. The van der Waals surface area contributed by atoms with Crippen molar-refractivity contribution in [2.45, 2.75) is 26.9 Å². The molecule has 0 saturated carbocycles. The molecule has 0 amide bonds. The van der Waals surface area contributed by atoms with E-state index < -0.39 is 0 Å². The molecule has 19 heavy (non-hydrogen) atoms. The summed E-state index contributed by atoms with van der Waals surface area (Å²) in [6.07, 6.45) is 0. The van der Waals surface area contributed by atoms with Crippen LogP contribution in [0.1, 0.15) is 22.3 Å². The smallest absolute Gasteiger partial charge is 0.123 e. The van der Waals surface area contributed by atoms with E-state index in [1.807, 2.05) is 18.2 Å². The van der Waals surface area contributed by atoms with E-state index in [0.717, 1.165) is 18.8 Å². The first-order chi connectivity index (χ1) is 9.20. The van der Waals surface area contributed by atoms with Crippen LogP contribution in [0, 0.1) is 13.8 Å². The Morgan fingerprint density at radius 2 is 1.68 bits per heavy atom. The molecule has 0 aliphatic carbocycles. The normalized spacial score (nSPS) is 10.5. The van der Waals surface area contributed by atoms with Gasteiger partial charge in [-0.3, -0.25) is 0 Å². The lowest BCUT2D eigenvalue weighted by Crippen LogP contribution is -2.14. The highest BCUT2D eigenvalue weighted by atomic mass is 16.5. The molecule has 0 radical (unpaired) electrons. The zero-order chi connectivity index (χ0) is 13.7. The molecular formula is C17H21NO. The van der Waals surface area contributed by atoms with E-state index in [4.69, 9.17) is 4.74 Å². The summed E-state index contributed by atoms with van der Waals surface area (Å²) in [6, 6.07) is 14.7. The standard InChI is InChI=1S/C17H21NO/c1-13-8-9-15(14(2)10-13)11-18-12-16-6-4-5-7-17(16)19-3/h4-10,18H,11-12H2,1-3H3. The van der Waals surface area contributed by atoms with Crippen LogP contribution in [0.25, 0.3) is 0 Å². The van der Waals surface area contributed by atoms with Gasteiger partial charge in [-0.05, 0) is 31.0 Å². The third-order valence-electron chi connectivity index (χ3n) is 3.32. The highest BCUT2D eigenvalue weighted by Gasteiger charge is 2.02. The van der Waals surface area contributed by atoms with Crippen LogP contribution in [0.4, 0.5) is 0 Å². The summed E-state index contributed by atoms with van der Waals surface area (Å²) >= 11 is 0. The number of hydrogen-bond acceptors (Lipinski definition) is 2. The Labute approximate surface area is 115 Å². The van der Waals surface area contributed by atoms with Crippen LogP contribution in [-0.4, -0.2) is 7.11 Å². The van der Waals surface area contributed by atoms with Gasteiger partial charge in [-0.1, -0.05) is 42.0 Å². The SMILES string of the molecule is COc1ccccc1CNCc1ccc(C)cc1C. The molecule has 0 bridgehead atoms. The summed E-state index contributed by atoms with van der Waals surface area (Å²) in [5.41, 5.74) is 5.19. The van der Waals surface area contributed by atoms with Gasteiger partial charge in [-0.15, -0.1) is 0 Å². The van der Waals surface area contributed by atoms with Gasteiger partial charge in [-0.25, -0.2) is 0 Å². The maximum Gasteiger partial charge on any atom is 0.123 e. The van der Waals surface area contributed by atoms with Gasteiger partial charge in [0.05, 0.1) is 7.11 Å². The van der Waals surface area contributed by atoms with Gasteiger partial charge in [0.15, 0.2) is 0 Å². The van der Waals surface area contributed by atoms with E-state index in [1.165, 1.54) is 22.3 Å². The highest BCUT2D eigenvalue weighted by molar-refractivity contribution is 5.33. The second-order valence-electron chi connectivity index (χ2n) is 4.85. The first kappa shape index (κ1) is 13.6. The molecule has 0 aliphatic rings. The van der Waals surface area contributed by atoms with Gasteiger partial charge in [0.1, 0.15) is 5.75 Å². The molecular weight excluding hydrogens is 234 g/mol. The summed E-state index contributed by atoms with van der Waals surface area (Å²) in [7, 11) is 1.71. The largest absolute Gasteiger partial charge is 0.496 e. The molecule has 0 unspecified atom stereocenters. The molecule has 0 fully saturated rings. The van der Waals surface area contributed by atoms with E-state index in [2.05, 4.69) is 43.4 Å². The van der Waals surface area contributed by atoms with Crippen LogP contribution >= 0.6 is 0 Å². The van der Waals surface area contributed by atoms with Crippen LogP contribution in [0.15, 0.2) is 42.5 Å². The predicted molar refractivity (Wildman–Crippen MR) is 79.5 cm³/mol. The number of ether oxygens (including phenoxy) is 1. The van der Waals surface area contributed by atoms with E-state index in [-0.39, 0.29) is 0 Å². The molecule has 0 spiro atoms. The number of rotatable bonds is 5. The molecule has 1 N–H and O–H groups in total. The molecule has 100 valence electrons. The Kier molecular flexibility index (Phi) is 4.58. The van der Waals surface area contributed by atoms with E-state index in [1.54, 1.807) is 7.11 Å². The van der Waals surface area contributed by atoms with Crippen LogP contribution < -0.4 is 10.1 Å². The van der Waals surface area contributed by atoms with Crippen molar-refractivity contribution in [3.05, 3.63) is 64.7 Å². The Morgan fingerprint density at radius 1 is 0.947 bits per heavy atom. The second kappa shape index (κ2) is 6.39. The maximum absolute atomic E-state index is 5.35. The summed E-state index contributed by atoms with van der Waals surface area (Å²) in [4.78, 5) is 0. The minimum absolute atomic E-state index is 0.817. The van der Waals surface area contributed by atoms with Crippen molar-refractivity contribution in [1.29, 1.82) is 0 Å². The average molecular weight is 255 g/mol. The molecule has 2 nitrogen and oxygen atoms in total. The summed E-state index contributed by atoms with van der Waals surface area (Å²) in [5, 5.41) is 3.47. The van der Waals surface area contributed by atoms with Gasteiger partial charge < -0.3 is 10.1 Å². The fourth-order valence-corrected chi connectivity index (χ4v) is 2.22. The van der Waals surface area contributed by atoms with Crippen LogP contribution in [0.2, 0.25) is 0 Å². The predicted octanol–water partition coefficient (Wildman–Crippen LogP) is 3.60. The monoisotopic (exact) mass is 255 g/mol. The minimum atomic E-state index is 0.817. The maximum atomic E-state index is 5.35. The van der Waals surface area contributed by atoms with Gasteiger partial charge in [0.2, 0.25) is 0 Å². The van der Waals surface area contributed by atoms with Crippen LogP contribution in [-0.2, 0) is 13.1 Å². The van der Waals surface area contributed by atoms with Gasteiger partial charge in [0, 0.05) is 18.7 Å². The molecule has 2 heteroatoms. The molecule has 2 aromatic carbocycles. The van der Waals surface area contributed by atoms with E-state index in [0.29, 0.717) is 0 Å². The zero-order valence-corrected chi connectivity index (χ0v) is 11.9. The van der Waals surface area contributed by atoms with Gasteiger partial charge >= 0.3 is 0 Å². The molecule has 0 heterocycles. The van der Waals surface area contributed by atoms with Crippen molar-refractivity contribution in [3.8, 4) is 5.75 Å². The second-order valence-corrected chi connectivity index (χ2v) is 4.85. The third-order valence-corrected chi connectivity index (χ3v) is 3.32. The number of hydrogen-bond donors (Lipinski definition) is 1. The summed E-state index contributed by atoms with van der Waals surface area (Å²) in [5.74, 6) is 0.940. The van der Waals surface area contributed by atoms with Crippen molar-refractivity contribution in [1.82, 2.24) is 5.32 Å². The fourth-order valence-electron chi connectivity index (χ4n) is 2.22. The quantitative estimate of drug-likeness (QED) is 0.881. The summed E-state index contributed by atoms with van der Waals surface area (Å²) < 4.78 is 5.35. The van der Waals surface area contributed by atoms with Gasteiger partial charge in [-0.2, -0.15) is 0 Å². The lowest BCUT2D eigenvalue weighted by molar-refractivity contribution is 0.407. The number of benzene rings is 2. The number of para-hydroxylation sites is 1. The molecule has 2 aromatic rings. The Morgan fingerprint density at radius 3 is 2.42 bits per heavy atom. The van der Waals surface area contributed by atoms with Crippen molar-refractivity contribution in [3.63, 3.8) is 0 Å². The summed E-state index contributed by atoms with van der Waals surface area (Å²) in [6.45, 7) is 5.98. The van der Waals surface area contributed by atoms with Crippen LogP contribution in [0.5, 0.6) is 5.75 Å². The first-order valence-corrected chi connectivity index (χ1v) is 6.59. The zero-order valence-electron chi connectivity index (χ0n) is 11.9. The molecule has 0 aromatic heterocycles. The average Bonchev–Trinajstić information content (AvgIpc) is 2.42. The van der Waals surface area contributed by atoms with Crippen molar-refractivity contribution in [2.75, 3.05) is 7.11 Å². The number of aryl methyl sites for hydroxylation is 2. The topological polar surface area (TPSA) is 21.3 Å². The van der Waals surface area contributed by atoms with Crippen molar-refractivity contribution in [2.24, 2.45) is 0 Å². The lowest BCUT2D eigenvalue weighted by Gasteiger charge is -2.11. The van der Waals surface area contributed by atoms with Crippen molar-refractivity contribution < 1.29 is 4.74 Å². The van der Waals surface area contributed by atoms with E-state index >= 15 is 0 Å². The van der Waals surface area contributed by atoms with E-state index in [9.17, 15) is 0 Å². The highest BCUT2D eigenvalue weighted by Crippen LogP contribution is 2.17. The molecule has 2 rings (SSSR count). The number of nitrogens with one attached hydrogen (secondary N) is 1. The van der Waals surface area contributed by atoms with Crippen molar-refractivity contribution >= 4 is 0 Å². The minimum Gasteiger partial charge on any atom is -0.496 e. The third kappa shape index (κ3) is 3.58. The first-order valence-electron chi connectivity index (χ1n) is 6.59. The van der Waals surface area contributed by atoms with Gasteiger partial charge in [0.25, 0.3) is 0 Å². The lowest BCUT2D eigenvalue weighted by atomic mass is 10.1. The molecule has 0 aliphatic heterocycles. The Balaban J connectivity index is 1.96. The molecule has 0 atom stereocenters. The number of methoxy groups -OCH3 is 1. The molecule has 0 saturated heterocycles. The van der Waals surface area contributed by atoms with Crippen LogP contribution in [0.3, 0.4) is 0 Å². The fraction of sp³-hybridized carbons (Fsp3) is 0.294. The Bertz CT molecular complexity index is 549.